The number of benzene rings is 1. The first-order valence-corrected chi connectivity index (χ1v) is 9.29. The van der Waals surface area contributed by atoms with E-state index in [9.17, 15) is 4.79 Å². The summed E-state index contributed by atoms with van der Waals surface area (Å²) in [6.45, 7) is 7.26. The van der Waals surface area contributed by atoms with Crippen molar-refractivity contribution in [1.29, 1.82) is 0 Å². The zero-order valence-corrected chi connectivity index (χ0v) is 16.0. The van der Waals surface area contributed by atoms with Crippen molar-refractivity contribution < 1.29 is 4.79 Å². The summed E-state index contributed by atoms with van der Waals surface area (Å²) in [4.78, 5) is 21.0. The Kier molecular flexibility index (Phi) is 6.18. The van der Waals surface area contributed by atoms with Crippen LogP contribution in [-0.4, -0.2) is 53.4 Å². The highest BCUT2D eigenvalue weighted by Gasteiger charge is 2.19. The Bertz CT molecular complexity index is 712. The number of anilines is 1. The summed E-state index contributed by atoms with van der Waals surface area (Å²) in [6.07, 6.45) is 3.79. The number of hydrogen-bond donors (Lipinski definition) is 1. The van der Waals surface area contributed by atoms with E-state index >= 15 is 0 Å². The van der Waals surface area contributed by atoms with Gasteiger partial charge < -0.3 is 5.32 Å². The molecule has 0 radical (unpaired) electrons. The zero-order valence-electron chi connectivity index (χ0n) is 14.4. The third kappa shape index (κ3) is 5.36. The van der Waals surface area contributed by atoms with Crippen LogP contribution >= 0.6 is 15.9 Å². The number of rotatable bonds is 5. The van der Waals surface area contributed by atoms with Crippen LogP contribution in [0, 0.1) is 6.92 Å². The highest BCUT2D eigenvalue weighted by atomic mass is 79.9. The summed E-state index contributed by atoms with van der Waals surface area (Å²) in [5.41, 5.74) is 3.40. The normalized spacial score (nSPS) is 15.9. The Morgan fingerprint density at radius 1 is 1.12 bits per heavy atom. The predicted molar refractivity (Wildman–Crippen MR) is 103 cm³/mol. The van der Waals surface area contributed by atoms with Crippen LogP contribution in [0.4, 0.5) is 5.69 Å². The summed E-state index contributed by atoms with van der Waals surface area (Å²) >= 11 is 3.40. The van der Waals surface area contributed by atoms with Gasteiger partial charge >= 0.3 is 0 Å². The lowest BCUT2D eigenvalue weighted by Crippen LogP contribution is -2.48. The standard InChI is InChI=1S/C19H23BrN4O/c1-15-6-7-21-12-16(15)13-23-8-10-24(11-9-23)14-19(25)22-18-4-2-17(20)3-5-18/h2-7,12H,8-11,13-14H2,1H3,(H,22,25). The van der Waals surface area contributed by atoms with E-state index in [-0.39, 0.29) is 5.91 Å². The molecule has 1 saturated heterocycles. The molecule has 1 N–H and O–H groups in total. The number of halogens is 1. The van der Waals surface area contributed by atoms with Gasteiger partial charge in [0.05, 0.1) is 6.54 Å². The molecule has 0 bridgehead atoms. The van der Waals surface area contributed by atoms with Crippen LogP contribution in [0.5, 0.6) is 0 Å². The molecule has 1 aromatic carbocycles. The molecular formula is C19H23BrN4O. The summed E-state index contributed by atoms with van der Waals surface area (Å²) in [6, 6.07) is 9.70. The number of aromatic nitrogens is 1. The molecule has 1 fully saturated rings. The smallest absolute Gasteiger partial charge is 0.238 e. The van der Waals surface area contributed by atoms with Gasteiger partial charge in [-0.3, -0.25) is 19.6 Å². The lowest BCUT2D eigenvalue weighted by atomic mass is 10.1. The van der Waals surface area contributed by atoms with Crippen molar-refractivity contribution in [3.05, 3.63) is 58.3 Å². The first-order chi connectivity index (χ1) is 12.1. The Balaban J connectivity index is 1.43. The summed E-state index contributed by atoms with van der Waals surface area (Å²) < 4.78 is 1.01. The minimum atomic E-state index is 0.0406. The van der Waals surface area contributed by atoms with Crippen molar-refractivity contribution >= 4 is 27.5 Å². The first kappa shape index (κ1) is 18.0. The molecule has 2 heterocycles. The average Bonchev–Trinajstić information content (AvgIpc) is 2.61. The van der Waals surface area contributed by atoms with Gasteiger partial charge in [-0.2, -0.15) is 0 Å². The largest absolute Gasteiger partial charge is 0.325 e. The molecule has 0 aliphatic carbocycles. The molecule has 0 spiro atoms. The van der Waals surface area contributed by atoms with Gasteiger partial charge in [0, 0.05) is 55.3 Å². The molecule has 0 saturated carbocycles. The predicted octanol–water partition coefficient (Wildman–Crippen LogP) is 2.91. The number of piperazine rings is 1. The van der Waals surface area contributed by atoms with Crippen LogP contribution in [0.25, 0.3) is 0 Å². The van der Waals surface area contributed by atoms with Crippen molar-refractivity contribution in [3.8, 4) is 0 Å². The van der Waals surface area contributed by atoms with E-state index < -0.39 is 0 Å². The van der Waals surface area contributed by atoms with E-state index in [1.807, 2.05) is 36.7 Å². The van der Waals surface area contributed by atoms with Crippen molar-refractivity contribution in [2.75, 3.05) is 38.0 Å². The van der Waals surface area contributed by atoms with Gasteiger partial charge in [0.1, 0.15) is 0 Å². The van der Waals surface area contributed by atoms with Crippen LogP contribution < -0.4 is 5.32 Å². The maximum Gasteiger partial charge on any atom is 0.238 e. The second-order valence-electron chi connectivity index (χ2n) is 6.41. The van der Waals surface area contributed by atoms with Gasteiger partial charge in [-0.1, -0.05) is 15.9 Å². The molecule has 132 valence electrons. The topological polar surface area (TPSA) is 48.5 Å². The van der Waals surface area contributed by atoms with Gasteiger partial charge in [-0.15, -0.1) is 0 Å². The Morgan fingerprint density at radius 2 is 1.80 bits per heavy atom. The number of pyridine rings is 1. The van der Waals surface area contributed by atoms with Gasteiger partial charge in [-0.25, -0.2) is 0 Å². The minimum Gasteiger partial charge on any atom is -0.325 e. The monoisotopic (exact) mass is 402 g/mol. The van der Waals surface area contributed by atoms with Gasteiger partial charge in [0.15, 0.2) is 0 Å². The molecule has 0 unspecified atom stereocenters. The fourth-order valence-electron chi connectivity index (χ4n) is 2.95. The van der Waals surface area contributed by atoms with E-state index in [4.69, 9.17) is 0 Å². The highest BCUT2D eigenvalue weighted by Crippen LogP contribution is 2.14. The zero-order chi connectivity index (χ0) is 17.6. The van der Waals surface area contributed by atoms with Gasteiger partial charge in [0.25, 0.3) is 0 Å². The van der Waals surface area contributed by atoms with E-state index in [0.717, 1.165) is 42.9 Å². The molecule has 0 atom stereocenters. The molecule has 2 aromatic rings. The maximum absolute atomic E-state index is 12.2. The SMILES string of the molecule is Cc1ccncc1CN1CCN(CC(=O)Nc2ccc(Br)cc2)CC1. The molecule has 25 heavy (non-hydrogen) atoms. The molecule has 1 aliphatic heterocycles. The third-order valence-corrected chi connectivity index (χ3v) is 5.03. The molecular weight excluding hydrogens is 380 g/mol. The summed E-state index contributed by atoms with van der Waals surface area (Å²) in [7, 11) is 0. The Labute approximate surface area is 157 Å². The van der Waals surface area contributed by atoms with Crippen molar-refractivity contribution in [2.45, 2.75) is 13.5 Å². The molecule has 3 rings (SSSR count). The number of aryl methyl sites for hydroxylation is 1. The van der Waals surface area contributed by atoms with Crippen LogP contribution in [-0.2, 0) is 11.3 Å². The van der Waals surface area contributed by atoms with E-state index in [1.165, 1.54) is 11.1 Å². The van der Waals surface area contributed by atoms with Gasteiger partial charge in [0.2, 0.25) is 5.91 Å². The first-order valence-electron chi connectivity index (χ1n) is 8.50. The fraction of sp³-hybridized carbons (Fsp3) is 0.368. The van der Waals surface area contributed by atoms with Crippen LogP contribution in [0.3, 0.4) is 0 Å². The fourth-order valence-corrected chi connectivity index (χ4v) is 3.21. The van der Waals surface area contributed by atoms with Crippen LogP contribution in [0.2, 0.25) is 0 Å². The molecule has 1 amide bonds. The summed E-state index contributed by atoms with van der Waals surface area (Å²) in [5, 5.41) is 2.95. The minimum absolute atomic E-state index is 0.0406. The average molecular weight is 403 g/mol. The molecule has 6 heteroatoms. The molecule has 5 nitrogen and oxygen atoms in total. The molecule has 1 aliphatic rings. The lowest BCUT2D eigenvalue weighted by molar-refractivity contribution is -0.117. The van der Waals surface area contributed by atoms with E-state index in [0.29, 0.717) is 6.54 Å². The van der Waals surface area contributed by atoms with Gasteiger partial charge in [-0.05, 0) is 48.4 Å². The number of carbonyl (C=O) groups excluding carboxylic acids is 1. The Morgan fingerprint density at radius 3 is 2.48 bits per heavy atom. The van der Waals surface area contributed by atoms with Crippen LogP contribution in [0.1, 0.15) is 11.1 Å². The van der Waals surface area contributed by atoms with Crippen molar-refractivity contribution in [3.63, 3.8) is 0 Å². The van der Waals surface area contributed by atoms with Crippen LogP contribution in [0.15, 0.2) is 47.2 Å². The second-order valence-corrected chi connectivity index (χ2v) is 7.33. The number of carbonyl (C=O) groups is 1. The number of hydrogen-bond acceptors (Lipinski definition) is 4. The molecule has 1 aromatic heterocycles. The lowest BCUT2D eigenvalue weighted by Gasteiger charge is -2.34. The van der Waals surface area contributed by atoms with Crippen molar-refractivity contribution in [1.82, 2.24) is 14.8 Å². The number of amides is 1. The Hall–Kier alpha value is -1.76. The number of nitrogens with zero attached hydrogens (tertiary/aromatic N) is 3. The number of nitrogens with one attached hydrogen (secondary N) is 1. The third-order valence-electron chi connectivity index (χ3n) is 4.50. The van der Waals surface area contributed by atoms with E-state index in [2.05, 4.69) is 49.0 Å². The second kappa shape index (κ2) is 8.56. The summed E-state index contributed by atoms with van der Waals surface area (Å²) in [5.74, 6) is 0.0406. The quantitative estimate of drug-likeness (QED) is 0.834. The maximum atomic E-state index is 12.2. The highest BCUT2D eigenvalue weighted by molar-refractivity contribution is 9.10. The van der Waals surface area contributed by atoms with Crippen molar-refractivity contribution in [2.24, 2.45) is 0 Å². The van der Waals surface area contributed by atoms with E-state index in [1.54, 1.807) is 0 Å².